The molecule has 3 rings (SSSR count). The van der Waals surface area contributed by atoms with Gasteiger partial charge in [0.1, 0.15) is 5.69 Å². The number of aromatic amines is 1. The molecule has 6 nitrogen and oxygen atoms in total. The molecule has 0 fully saturated rings. The van der Waals surface area contributed by atoms with E-state index in [1.54, 1.807) is 12.3 Å². The van der Waals surface area contributed by atoms with E-state index in [9.17, 15) is 9.59 Å². The molecule has 0 bridgehead atoms. The van der Waals surface area contributed by atoms with E-state index in [-0.39, 0.29) is 11.3 Å². The number of aromatic nitrogens is 3. The van der Waals surface area contributed by atoms with Crippen LogP contribution in [0.25, 0.3) is 10.9 Å². The van der Waals surface area contributed by atoms with Gasteiger partial charge in [-0.3, -0.25) is 14.6 Å². The van der Waals surface area contributed by atoms with Crippen LogP contribution >= 0.6 is 0 Å². The monoisotopic (exact) mass is 266 g/mol. The Morgan fingerprint density at radius 1 is 1.10 bits per heavy atom. The second kappa shape index (κ2) is 4.93. The van der Waals surface area contributed by atoms with Crippen molar-refractivity contribution in [3.05, 3.63) is 64.7 Å². The van der Waals surface area contributed by atoms with Crippen molar-refractivity contribution in [3.8, 4) is 0 Å². The molecule has 2 N–H and O–H groups in total. The fourth-order valence-corrected chi connectivity index (χ4v) is 1.86. The van der Waals surface area contributed by atoms with E-state index in [1.165, 1.54) is 12.1 Å². The smallest absolute Gasteiger partial charge is 0.276 e. The van der Waals surface area contributed by atoms with E-state index in [2.05, 4.69) is 20.5 Å². The second-order valence-corrected chi connectivity index (χ2v) is 4.14. The highest BCUT2D eigenvalue weighted by atomic mass is 16.2. The Morgan fingerprint density at radius 2 is 1.95 bits per heavy atom. The summed E-state index contributed by atoms with van der Waals surface area (Å²) >= 11 is 0. The first-order valence-electron chi connectivity index (χ1n) is 5.95. The van der Waals surface area contributed by atoms with Crippen LogP contribution in [0.1, 0.15) is 10.5 Å². The van der Waals surface area contributed by atoms with Crippen LogP contribution in [0.3, 0.4) is 0 Å². The summed E-state index contributed by atoms with van der Waals surface area (Å²) in [6.45, 7) is 0. The van der Waals surface area contributed by atoms with Crippen LogP contribution in [0.2, 0.25) is 0 Å². The zero-order valence-corrected chi connectivity index (χ0v) is 10.3. The number of H-pyrrole nitrogens is 1. The zero-order valence-electron chi connectivity index (χ0n) is 10.3. The van der Waals surface area contributed by atoms with Gasteiger partial charge >= 0.3 is 0 Å². The third kappa shape index (κ3) is 2.26. The minimum Gasteiger partial charge on any atom is -0.319 e. The number of fused-ring (bicyclic) bond motifs is 1. The van der Waals surface area contributed by atoms with Crippen molar-refractivity contribution in [2.45, 2.75) is 0 Å². The van der Waals surface area contributed by atoms with Crippen molar-refractivity contribution in [2.75, 3.05) is 5.32 Å². The summed E-state index contributed by atoms with van der Waals surface area (Å²) in [4.78, 5) is 27.2. The lowest BCUT2D eigenvalue weighted by molar-refractivity contribution is 0.102. The minimum absolute atomic E-state index is 0.137. The van der Waals surface area contributed by atoms with Crippen LogP contribution in [-0.4, -0.2) is 21.1 Å². The standard InChI is InChI=1S/C14H10N4O2/c19-12-7-6-11(17-18-12)14(20)16-10-5-1-3-9-4-2-8-15-13(9)10/h1-8H,(H,16,20)(H,18,19). The molecule has 2 aromatic heterocycles. The summed E-state index contributed by atoms with van der Waals surface area (Å²) in [7, 11) is 0. The second-order valence-electron chi connectivity index (χ2n) is 4.14. The molecule has 0 aliphatic heterocycles. The summed E-state index contributed by atoms with van der Waals surface area (Å²) in [6.07, 6.45) is 1.66. The Bertz CT molecular complexity index is 816. The minimum atomic E-state index is -0.403. The first-order valence-corrected chi connectivity index (χ1v) is 5.95. The zero-order chi connectivity index (χ0) is 13.9. The number of amides is 1. The largest absolute Gasteiger partial charge is 0.319 e. The molecule has 0 saturated carbocycles. The molecule has 2 heterocycles. The van der Waals surface area contributed by atoms with Gasteiger partial charge in [-0.1, -0.05) is 18.2 Å². The molecule has 0 saturated heterocycles. The maximum atomic E-state index is 12.0. The maximum Gasteiger partial charge on any atom is 0.276 e. The number of nitrogens with one attached hydrogen (secondary N) is 2. The topological polar surface area (TPSA) is 87.7 Å². The van der Waals surface area contributed by atoms with E-state index >= 15 is 0 Å². The lowest BCUT2D eigenvalue weighted by atomic mass is 10.2. The lowest BCUT2D eigenvalue weighted by Gasteiger charge is -2.07. The third-order valence-electron chi connectivity index (χ3n) is 2.79. The number of rotatable bonds is 2. The number of hydrogen-bond acceptors (Lipinski definition) is 4. The van der Waals surface area contributed by atoms with Gasteiger partial charge in [-0.2, -0.15) is 5.10 Å². The fraction of sp³-hybridized carbons (Fsp3) is 0. The average molecular weight is 266 g/mol. The lowest BCUT2D eigenvalue weighted by Crippen LogP contribution is -2.17. The molecular weight excluding hydrogens is 256 g/mol. The molecule has 1 amide bonds. The molecule has 98 valence electrons. The molecular formula is C14H10N4O2. The van der Waals surface area contributed by atoms with Gasteiger partial charge in [0.05, 0.1) is 11.2 Å². The molecule has 0 aliphatic carbocycles. The Balaban J connectivity index is 1.95. The molecule has 3 aromatic rings. The van der Waals surface area contributed by atoms with Crippen molar-refractivity contribution >= 4 is 22.5 Å². The molecule has 0 spiro atoms. The van der Waals surface area contributed by atoms with Crippen LogP contribution in [0.5, 0.6) is 0 Å². The first kappa shape index (κ1) is 12.0. The number of carbonyl (C=O) groups is 1. The Kier molecular flexibility index (Phi) is 2.96. The molecule has 0 unspecified atom stereocenters. The summed E-state index contributed by atoms with van der Waals surface area (Å²) in [5, 5.41) is 9.57. The SMILES string of the molecule is O=C(Nc1cccc2cccnc12)c1ccc(=O)[nH]n1. The number of nitrogens with zero attached hydrogens (tertiary/aromatic N) is 2. The summed E-state index contributed by atoms with van der Waals surface area (Å²) < 4.78 is 0. The molecule has 0 radical (unpaired) electrons. The van der Waals surface area contributed by atoms with E-state index in [0.29, 0.717) is 11.2 Å². The molecule has 0 aliphatic rings. The van der Waals surface area contributed by atoms with Crippen LogP contribution in [0.15, 0.2) is 53.5 Å². The summed E-state index contributed by atoms with van der Waals surface area (Å²) in [5.41, 5.74) is 1.08. The highest BCUT2D eigenvalue weighted by molar-refractivity contribution is 6.07. The predicted molar refractivity (Wildman–Crippen MR) is 74.6 cm³/mol. The maximum absolute atomic E-state index is 12.0. The van der Waals surface area contributed by atoms with Crippen molar-refractivity contribution < 1.29 is 4.79 Å². The van der Waals surface area contributed by atoms with E-state index in [1.807, 2.05) is 24.3 Å². The number of para-hydroxylation sites is 1. The van der Waals surface area contributed by atoms with Gasteiger partial charge < -0.3 is 5.32 Å². The molecule has 20 heavy (non-hydrogen) atoms. The highest BCUT2D eigenvalue weighted by Gasteiger charge is 2.10. The first-order chi connectivity index (χ1) is 9.74. The average Bonchev–Trinajstić information content (AvgIpc) is 2.48. The summed E-state index contributed by atoms with van der Waals surface area (Å²) in [6, 6.07) is 11.9. The summed E-state index contributed by atoms with van der Waals surface area (Å²) in [5.74, 6) is -0.403. The predicted octanol–water partition coefficient (Wildman–Crippen LogP) is 1.57. The quantitative estimate of drug-likeness (QED) is 0.737. The number of benzene rings is 1. The van der Waals surface area contributed by atoms with Gasteiger partial charge in [-0.15, -0.1) is 0 Å². The van der Waals surface area contributed by atoms with Crippen molar-refractivity contribution in [2.24, 2.45) is 0 Å². The number of pyridine rings is 1. The Hall–Kier alpha value is -3.02. The van der Waals surface area contributed by atoms with Crippen molar-refractivity contribution in [1.29, 1.82) is 0 Å². The highest BCUT2D eigenvalue weighted by Crippen LogP contribution is 2.20. The molecule has 1 aromatic carbocycles. The van der Waals surface area contributed by atoms with Crippen LogP contribution in [-0.2, 0) is 0 Å². The number of carbonyl (C=O) groups excluding carboxylic acids is 1. The number of anilines is 1. The van der Waals surface area contributed by atoms with Gasteiger partial charge in [-0.25, -0.2) is 5.10 Å². The van der Waals surface area contributed by atoms with Gasteiger partial charge in [0.15, 0.2) is 0 Å². The van der Waals surface area contributed by atoms with Crippen LogP contribution in [0.4, 0.5) is 5.69 Å². The van der Waals surface area contributed by atoms with Crippen molar-refractivity contribution in [3.63, 3.8) is 0 Å². The Morgan fingerprint density at radius 3 is 2.75 bits per heavy atom. The van der Waals surface area contributed by atoms with Crippen LogP contribution in [0, 0.1) is 0 Å². The molecule has 0 atom stereocenters. The van der Waals surface area contributed by atoms with E-state index in [4.69, 9.17) is 0 Å². The third-order valence-corrected chi connectivity index (χ3v) is 2.79. The van der Waals surface area contributed by atoms with E-state index in [0.717, 1.165) is 5.39 Å². The Labute approximate surface area is 113 Å². The molecule has 6 heteroatoms. The van der Waals surface area contributed by atoms with Gasteiger partial charge in [0.2, 0.25) is 0 Å². The fourth-order valence-electron chi connectivity index (χ4n) is 1.86. The normalized spacial score (nSPS) is 10.4. The van der Waals surface area contributed by atoms with Gasteiger partial charge in [-0.05, 0) is 18.2 Å². The van der Waals surface area contributed by atoms with Gasteiger partial charge in [0.25, 0.3) is 11.5 Å². The van der Waals surface area contributed by atoms with Crippen molar-refractivity contribution in [1.82, 2.24) is 15.2 Å². The van der Waals surface area contributed by atoms with Gasteiger partial charge in [0, 0.05) is 17.6 Å². The van der Waals surface area contributed by atoms with E-state index < -0.39 is 5.91 Å². The number of hydrogen-bond donors (Lipinski definition) is 2. The van der Waals surface area contributed by atoms with Crippen LogP contribution < -0.4 is 10.9 Å².